The molecule has 0 aliphatic rings. The summed E-state index contributed by atoms with van der Waals surface area (Å²) in [7, 11) is 1.69. The number of nitrogens with zero attached hydrogens (tertiary/aromatic N) is 2. The fourth-order valence-electron chi connectivity index (χ4n) is 2.64. The summed E-state index contributed by atoms with van der Waals surface area (Å²) in [5.41, 5.74) is 2.12. The largest absolute Gasteiger partial charge is 0.383 e. The summed E-state index contributed by atoms with van der Waals surface area (Å²) in [6.45, 7) is 1.40. The van der Waals surface area contributed by atoms with Crippen LogP contribution in [-0.2, 0) is 22.5 Å². The number of anilines is 1. The van der Waals surface area contributed by atoms with Crippen molar-refractivity contribution in [3.63, 3.8) is 0 Å². The first-order valence-corrected chi connectivity index (χ1v) is 7.54. The molecule has 0 atom stereocenters. The highest BCUT2D eigenvalue weighted by Gasteiger charge is 2.12. The summed E-state index contributed by atoms with van der Waals surface area (Å²) in [4.78, 5) is 16.4. The van der Waals surface area contributed by atoms with Crippen LogP contribution in [0.4, 0.5) is 5.82 Å². The predicted molar refractivity (Wildman–Crippen MR) is 90.4 cm³/mol. The second kappa shape index (κ2) is 7.07. The molecule has 0 radical (unpaired) electrons. The van der Waals surface area contributed by atoms with Gasteiger partial charge in [0.15, 0.2) is 0 Å². The third-order valence-electron chi connectivity index (χ3n) is 3.69. The Bertz CT molecular complexity index is 796. The van der Waals surface area contributed by atoms with E-state index < -0.39 is 0 Å². The topological polar surface area (TPSA) is 56.1 Å². The standard InChI is InChI=1S/C18H19N3O2/c1-23-11-10-21-13-14(15-6-2-3-7-16(15)21)12-18(22)20-17-8-4-5-9-19-17/h2-9,13H,10-12H2,1H3,(H,19,20,22). The number of ether oxygens (including phenoxy) is 1. The van der Waals surface area contributed by atoms with Gasteiger partial charge in [0.1, 0.15) is 5.82 Å². The van der Waals surface area contributed by atoms with E-state index in [1.54, 1.807) is 19.4 Å². The number of pyridine rings is 1. The van der Waals surface area contributed by atoms with Crippen molar-refractivity contribution in [3.8, 4) is 0 Å². The first-order valence-electron chi connectivity index (χ1n) is 7.54. The molecule has 0 saturated heterocycles. The maximum atomic E-state index is 12.3. The molecule has 0 bridgehead atoms. The fraction of sp³-hybridized carbons (Fsp3) is 0.222. The van der Waals surface area contributed by atoms with Crippen molar-refractivity contribution in [1.29, 1.82) is 0 Å². The van der Waals surface area contributed by atoms with Crippen LogP contribution in [0.3, 0.4) is 0 Å². The van der Waals surface area contributed by atoms with Gasteiger partial charge < -0.3 is 14.6 Å². The number of rotatable bonds is 6. The number of hydrogen-bond acceptors (Lipinski definition) is 3. The van der Waals surface area contributed by atoms with E-state index in [-0.39, 0.29) is 5.91 Å². The summed E-state index contributed by atoms with van der Waals surface area (Å²) in [5.74, 6) is 0.499. The van der Waals surface area contributed by atoms with Gasteiger partial charge in [-0.25, -0.2) is 4.98 Å². The van der Waals surface area contributed by atoms with Gasteiger partial charge in [-0.3, -0.25) is 4.79 Å². The molecule has 0 aliphatic heterocycles. The van der Waals surface area contributed by atoms with Gasteiger partial charge >= 0.3 is 0 Å². The maximum absolute atomic E-state index is 12.3. The number of carbonyl (C=O) groups excluding carboxylic acids is 1. The summed E-state index contributed by atoms with van der Waals surface area (Å²) >= 11 is 0. The zero-order valence-corrected chi connectivity index (χ0v) is 13.0. The van der Waals surface area contributed by atoms with E-state index in [0.717, 1.165) is 23.0 Å². The maximum Gasteiger partial charge on any atom is 0.230 e. The van der Waals surface area contributed by atoms with Crippen molar-refractivity contribution in [2.75, 3.05) is 19.0 Å². The van der Waals surface area contributed by atoms with Crippen molar-refractivity contribution >= 4 is 22.6 Å². The van der Waals surface area contributed by atoms with Gasteiger partial charge in [0, 0.05) is 37.0 Å². The zero-order valence-electron chi connectivity index (χ0n) is 13.0. The number of amides is 1. The molecule has 1 N–H and O–H groups in total. The molecule has 23 heavy (non-hydrogen) atoms. The molecule has 2 aromatic heterocycles. The molecule has 0 spiro atoms. The van der Waals surface area contributed by atoms with Crippen LogP contribution in [0.25, 0.3) is 10.9 Å². The van der Waals surface area contributed by atoms with Gasteiger partial charge in [-0.2, -0.15) is 0 Å². The molecular weight excluding hydrogens is 290 g/mol. The lowest BCUT2D eigenvalue weighted by atomic mass is 10.1. The first-order chi connectivity index (χ1) is 11.3. The summed E-state index contributed by atoms with van der Waals surface area (Å²) in [6.07, 6.45) is 4.00. The van der Waals surface area contributed by atoms with Crippen molar-refractivity contribution < 1.29 is 9.53 Å². The molecule has 5 nitrogen and oxygen atoms in total. The lowest BCUT2D eigenvalue weighted by molar-refractivity contribution is -0.115. The van der Waals surface area contributed by atoms with E-state index in [4.69, 9.17) is 4.74 Å². The minimum Gasteiger partial charge on any atom is -0.383 e. The number of fused-ring (bicyclic) bond motifs is 1. The lowest BCUT2D eigenvalue weighted by Gasteiger charge is -2.03. The van der Waals surface area contributed by atoms with Gasteiger partial charge in [-0.15, -0.1) is 0 Å². The van der Waals surface area contributed by atoms with E-state index in [0.29, 0.717) is 18.8 Å². The number of hydrogen-bond donors (Lipinski definition) is 1. The van der Waals surface area contributed by atoms with Gasteiger partial charge in [0.25, 0.3) is 0 Å². The van der Waals surface area contributed by atoms with Crippen LogP contribution >= 0.6 is 0 Å². The predicted octanol–water partition coefficient (Wildman–Crippen LogP) is 2.86. The quantitative estimate of drug-likeness (QED) is 0.762. The lowest BCUT2D eigenvalue weighted by Crippen LogP contribution is -2.15. The Morgan fingerprint density at radius 1 is 1.22 bits per heavy atom. The third kappa shape index (κ3) is 3.57. The van der Waals surface area contributed by atoms with Crippen molar-refractivity contribution in [1.82, 2.24) is 9.55 Å². The Morgan fingerprint density at radius 2 is 2.04 bits per heavy atom. The minimum absolute atomic E-state index is 0.0710. The Balaban J connectivity index is 1.80. The molecule has 1 aromatic carbocycles. The summed E-state index contributed by atoms with van der Waals surface area (Å²) < 4.78 is 7.28. The molecule has 1 amide bonds. The van der Waals surface area contributed by atoms with Crippen LogP contribution in [0.5, 0.6) is 0 Å². The van der Waals surface area contributed by atoms with Crippen molar-refractivity contribution in [2.24, 2.45) is 0 Å². The summed E-state index contributed by atoms with van der Waals surface area (Å²) in [6, 6.07) is 13.5. The highest BCUT2D eigenvalue weighted by molar-refractivity contribution is 5.95. The molecule has 3 aromatic rings. The van der Waals surface area contributed by atoms with E-state index in [2.05, 4.69) is 20.9 Å². The van der Waals surface area contributed by atoms with Crippen LogP contribution in [0.2, 0.25) is 0 Å². The Kier molecular flexibility index (Phi) is 4.68. The number of carbonyl (C=O) groups is 1. The van der Waals surface area contributed by atoms with Crippen LogP contribution in [0, 0.1) is 0 Å². The molecule has 3 rings (SSSR count). The highest BCUT2D eigenvalue weighted by atomic mass is 16.5. The normalized spacial score (nSPS) is 10.8. The van der Waals surface area contributed by atoms with Gasteiger partial charge in [-0.05, 0) is 23.8 Å². The highest BCUT2D eigenvalue weighted by Crippen LogP contribution is 2.22. The van der Waals surface area contributed by atoms with Crippen LogP contribution < -0.4 is 5.32 Å². The fourth-order valence-corrected chi connectivity index (χ4v) is 2.64. The van der Waals surface area contributed by atoms with Crippen molar-refractivity contribution in [2.45, 2.75) is 13.0 Å². The molecule has 2 heterocycles. The van der Waals surface area contributed by atoms with E-state index in [1.807, 2.05) is 36.5 Å². The molecule has 118 valence electrons. The molecule has 5 heteroatoms. The van der Waals surface area contributed by atoms with Crippen LogP contribution in [0.1, 0.15) is 5.56 Å². The smallest absolute Gasteiger partial charge is 0.230 e. The monoisotopic (exact) mass is 309 g/mol. The zero-order chi connectivity index (χ0) is 16.1. The number of aromatic nitrogens is 2. The molecular formula is C18H19N3O2. The average Bonchev–Trinajstić information content (AvgIpc) is 2.92. The Morgan fingerprint density at radius 3 is 2.83 bits per heavy atom. The number of methoxy groups -OCH3 is 1. The van der Waals surface area contributed by atoms with Gasteiger partial charge in [0.2, 0.25) is 5.91 Å². The van der Waals surface area contributed by atoms with Crippen LogP contribution in [-0.4, -0.2) is 29.2 Å². The third-order valence-corrected chi connectivity index (χ3v) is 3.69. The molecule has 0 aliphatic carbocycles. The average molecular weight is 309 g/mol. The van der Waals surface area contributed by atoms with Gasteiger partial charge in [0.05, 0.1) is 13.0 Å². The minimum atomic E-state index is -0.0710. The molecule has 0 fully saturated rings. The summed E-state index contributed by atoms with van der Waals surface area (Å²) in [5, 5.41) is 3.92. The number of para-hydroxylation sites is 1. The number of benzene rings is 1. The second-order valence-corrected chi connectivity index (χ2v) is 5.30. The first kappa shape index (κ1) is 15.2. The molecule has 0 unspecified atom stereocenters. The Hall–Kier alpha value is -2.66. The van der Waals surface area contributed by atoms with Crippen molar-refractivity contribution in [3.05, 3.63) is 60.4 Å². The van der Waals surface area contributed by atoms with E-state index >= 15 is 0 Å². The van der Waals surface area contributed by atoms with E-state index in [1.165, 1.54) is 0 Å². The van der Waals surface area contributed by atoms with Gasteiger partial charge in [-0.1, -0.05) is 24.3 Å². The van der Waals surface area contributed by atoms with Crippen LogP contribution in [0.15, 0.2) is 54.9 Å². The Labute approximate surface area is 134 Å². The second-order valence-electron chi connectivity index (χ2n) is 5.30. The SMILES string of the molecule is COCCn1cc(CC(=O)Nc2ccccn2)c2ccccc21. The molecule has 0 saturated carbocycles. The number of nitrogens with one attached hydrogen (secondary N) is 1. The van der Waals surface area contributed by atoms with E-state index in [9.17, 15) is 4.79 Å².